The fourth-order valence-electron chi connectivity index (χ4n) is 2.65. The second-order valence-corrected chi connectivity index (χ2v) is 5.35. The molecule has 0 amide bonds. The Balaban J connectivity index is 0.00000144. The number of benzene rings is 2. The molecule has 1 aromatic heterocycles. The van der Waals surface area contributed by atoms with Gasteiger partial charge in [0.2, 0.25) is 0 Å². The third-order valence-electron chi connectivity index (χ3n) is 3.89. The summed E-state index contributed by atoms with van der Waals surface area (Å²) in [5.74, 6) is 0.639. The Labute approximate surface area is 134 Å². The lowest BCUT2D eigenvalue weighted by atomic mass is 9.94. The predicted octanol–water partition coefficient (Wildman–Crippen LogP) is 3.11. The van der Waals surface area contributed by atoms with Gasteiger partial charge in [0.25, 0.3) is 0 Å². The van der Waals surface area contributed by atoms with Crippen LogP contribution in [0, 0.1) is 0 Å². The molecule has 0 spiro atoms. The van der Waals surface area contributed by atoms with Crippen molar-refractivity contribution in [2.75, 3.05) is 13.1 Å². The highest BCUT2D eigenvalue weighted by Crippen LogP contribution is 2.31. The van der Waals surface area contributed by atoms with Gasteiger partial charge in [0.05, 0.1) is 22.4 Å². The second-order valence-electron chi connectivity index (χ2n) is 5.35. The molecule has 0 saturated carbocycles. The van der Waals surface area contributed by atoms with Gasteiger partial charge in [-0.2, -0.15) is 0 Å². The Morgan fingerprint density at radius 1 is 0.955 bits per heavy atom. The molecule has 3 aromatic rings. The van der Waals surface area contributed by atoms with Gasteiger partial charge in [0.15, 0.2) is 0 Å². The van der Waals surface area contributed by atoms with Crippen molar-refractivity contribution in [2.24, 2.45) is 0 Å². The van der Waals surface area contributed by atoms with Crippen LogP contribution in [0.1, 0.15) is 11.6 Å². The number of phenols is 1. The molecule has 4 rings (SSSR count). The SMILES string of the molecule is Cl.Oc1cccc(-c2nc3ccccc3nc2C2CNC2)c1. The van der Waals surface area contributed by atoms with Crippen molar-refractivity contribution in [1.82, 2.24) is 15.3 Å². The normalized spacial score (nSPS) is 14.4. The quantitative estimate of drug-likeness (QED) is 0.763. The fourth-order valence-corrected chi connectivity index (χ4v) is 2.65. The van der Waals surface area contributed by atoms with E-state index in [0.29, 0.717) is 5.92 Å². The summed E-state index contributed by atoms with van der Waals surface area (Å²) < 4.78 is 0. The molecule has 1 aliphatic heterocycles. The third kappa shape index (κ3) is 2.51. The molecule has 5 heteroatoms. The van der Waals surface area contributed by atoms with E-state index in [4.69, 9.17) is 9.97 Å². The van der Waals surface area contributed by atoms with E-state index in [0.717, 1.165) is 41.1 Å². The predicted molar refractivity (Wildman–Crippen MR) is 89.5 cm³/mol. The Hall–Kier alpha value is -2.17. The molecular formula is C17H16ClN3O. The molecule has 0 bridgehead atoms. The third-order valence-corrected chi connectivity index (χ3v) is 3.89. The molecule has 112 valence electrons. The Morgan fingerprint density at radius 3 is 2.32 bits per heavy atom. The maximum atomic E-state index is 9.73. The number of hydrogen-bond donors (Lipinski definition) is 2. The highest BCUT2D eigenvalue weighted by atomic mass is 35.5. The molecule has 2 N–H and O–H groups in total. The zero-order chi connectivity index (χ0) is 14.2. The summed E-state index contributed by atoms with van der Waals surface area (Å²) in [5.41, 5.74) is 4.60. The van der Waals surface area contributed by atoms with E-state index in [1.54, 1.807) is 12.1 Å². The van der Waals surface area contributed by atoms with Crippen molar-refractivity contribution in [3.05, 3.63) is 54.2 Å². The van der Waals surface area contributed by atoms with Crippen LogP contribution in [-0.4, -0.2) is 28.2 Å². The van der Waals surface area contributed by atoms with Crippen LogP contribution in [0.3, 0.4) is 0 Å². The lowest BCUT2D eigenvalue weighted by Crippen LogP contribution is -2.40. The first-order chi connectivity index (χ1) is 10.3. The van der Waals surface area contributed by atoms with Gasteiger partial charge < -0.3 is 10.4 Å². The van der Waals surface area contributed by atoms with Crippen LogP contribution in [0.2, 0.25) is 0 Å². The number of para-hydroxylation sites is 2. The van der Waals surface area contributed by atoms with Gasteiger partial charge in [0, 0.05) is 24.6 Å². The van der Waals surface area contributed by atoms with E-state index in [1.165, 1.54) is 0 Å². The van der Waals surface area contributed by atoms with E-state index in [2.05, 4.69) is 5.32 Å². The number of rotatable bonds is 2. The van der Waals surface area contributed by atoms with E-state index < -0.39 is 0 Å². The highest BCUT2D eigenvalue weighted by Gasteiger charge is 2.25. The van der Waals surface area contributed by atoms with Gasteiger partial charge in [-0.15, -0.1) is 12.4 Å². The first-order valence-electron chi connectivity index (χ1n) is 7.08. The molecule has 2 aromatic carbocycles. The van der Waals surface area contributed by atoms with E-state index in [9.17, 15) is 5.11 Å². The Bertz CT molecular complexity index is 818. The van der Waals surface area contributed by atoms with E-state index in [1.807, 2.05) is 36.4 Å². The number of nitrogens with one attached hydrogen (secondary N) is 1. The number of hydrogen-bond acceptors (Lipinski definition) is 4. The Kier molecular flexibility index (Phi) is 3.96. The number of nitrogens with zero attached hydrogens (tertiary/aromatic N) is 2. The van der Waals surface area contributed by atoms with Gasteiger partial charge in [0.1, 0.15) is 5.75 Å². The average molecular weight is 314 g/mol. The molecule has 1 aliphatic rings. The van der Waals surface area contributed by atoms with Crippen LogP contribution in [0.15, 0.2) is 48.5 Å². The Morgan fingerprint density at radius 2 is 1.68 bits per heavy atom. The zero-order valence-electron chi connectivity index (χ0n) is 11.9. The maximum absolute atomic E-state index is 9.73. The van der Waals surface area contributed by atoms with Crippen LogP contribution < -0.4 is 5.32 Å². The van der Waals surface area contributed by atoms with Crippen molar-refractivity contribution >= 4 is 23.4 Å². The van der Waals surface area contributed by atoms with Gasteiger partial charge in [-0.25, -0.2) is 9.97 Å². The van der Waals surface area contributed by atoms with Crippen LogP contribution in [-0.2, 0) is 0 Å². The number of aromatic hydroxyl groups is 1. The summed E-state index contributed by atoms with van der Waals surface area (Å²) >= 11 is 0. The molecule has 0 radical (unpaired) electrons. The van der Waals surface area contributed by atoms with Crippen molar-refractivity contribution in [3.8, 4) is 17.0 Å². The van der Waals surface area contributed by atoms with Crippen molar-refractivity contribution in [3.63, 3.8) is 0 Å². The standard InChI is InChI=1S/C17H15N3O.ClH/c21-13-5-3-4-11(8-13)16-17(12-9-18-10-12)20-15-7-2-1-6-14(15)19-16;/h1-8,12,18,21H,9-10H2;1H. The molecule has 0 aliphatic carbocycles. The minimum absolute atomic E-state index is 0. The number of halogens is 1. The van der Waals surface area contributed by atoms with Gasteiger partial charge in [-0.3, -0.25) is 0 Å². The molecule has 0 atom stereocenters. The van der Waals surface area contributed by atoms with Gasteiger partial charge in [-0.05, 0) is 24.3 Å². The first-order valence-corrected chi connectivity index (χ1v) is 7.08. The lowest BCUT2D eigenvalue weighted by molar-refractivity contribution is 0.441. The number of fused-ring (bicyclic) bond motifs is 1. The van der Waals surface area contributed by atoms with E-state index >= 15 is 0 Å². The van der Waals surface area contributed by atoms with Crippen LogP contribution in [0.5, 0.6) is 5.75 Å². The molecule has 22 heavy (non-hydrogen) atoms. The molecule has 4 nitrogen and oxygen atoms in total. The number of phenolic OH excluding ortho intramolecular Hbond substituents is 1. The average Bonchev–Trinajstić information content (AvgIpc) is 2.45. The van der Waals surface area contributed by atoms with Crippen LogP contribution in [0.4, 0.5) is 0 Å². The zero-order valence-corrected chi connectivity index (χ0v) is 12.7. The second kappa shape index (κ2) is 5.91. The molecule has 2 heterocycles. The summed E-state index contributed by atoms with van der Waals surface area (Å²) in [5, 5.41) is 13.0. The summed E-state index contributed by atoms with van der Waals surface area (Å²) in [7, 11) is 0. The molecule has 1 saturated heterocycles. The van der Waals surface area contributed by atoms with Crippen molar-refractivity contribution in [1.29, 1.82) is 0 Å². The highest BCUT2D eigenvalue weighted by molar-refractivity contribution is 5.85. The summed E-state index contributed by atoms with van der Waals surface area (Å²) in [6.07, 6.45) is 0. The smallest absolute Gasteiger partial charge is 0.116 e. The monoisotopic (exact) mass is 313 g/mol. The molecular weight excluding hydrogens is 298 g/mol. The number of aromatic nitrogens is 2. The first kappa shape index (κ1) is 14.8. The minimum Gasteiger partial charge on any atom is -0.508 e. The van der Waals surface area contributed by atoms with Crippen molar-refractivity contribution in [2.45, 2.75) is 5.92 Å². The van der Waals surface area contributed by atoms with Crippen LogP contribution >= 0.6 is 12.4 Å². The van der Waals surface area contributed by atoms with Crippen LogP contribution in [0.25, 0.3) is 22.3 Å². The van der Waals surface area contributed by atoms with Crippen molar-refractivity contribution < 1.29 is 5.11 Å². The molecule has 0 unspecified atom stereocenters. The topological polar surface area (TPSA) is 58.0 Å². The van der Waals surface area contributed by atoms with Gasteiger partial charge in [-0.1, -0.05) is 24.3 Å². The fraction of sp³-hybridized carbons (Fsp3) is 0.176. The minimum atomic E-state index is 0. The summed E-state index contributed by atoms with van der Waals surface area (Å²) in [6, 6.07) is 15.1. The maximum Gasteiger partial charge on any atom is 0.116 e. The van der Waals surface area contributed by atoms with Gasteiger partial charge >= 0.3 is 0 Å². The molecule has 1 fully saturated rings. The largest absolute Gasteiger partial charge is 0.508 e. The summed E-state index contributed by atoms with van der Waals surface area (Å²) in [4.78, 5) is 9.61. The van der Waals surface area contributed by atoms with E-state index in [-0.39, 0.29) is 18.2 Å². The lowest BCUT2D eigenvalue weighted by Gasteiger charge is -2.28. The summed E-state index contributed by atoms with van der Waals surface area (Å²) in [6.45, 7) is 1.86.